The highest BCUT2D eigenvalue weighted by Gasteiger charge is 2.08. The summed E-state index contributed by atoms with van der Waals surface area (Å²) in [5.41, 5.74) is 7.24. The Morgan fingerprint density at radius 1 is 1.16 bits per heavy atom. The van der Waals surface area contributed by atoms with E-state index in [0.29, 0.717) is 29.5 Å². The molecule has 0 heterocycles. The standard InChI is InChI=1S/C15H15ClFNO/c1-10-2-3-12(16)9-15(10)19-14-5-4-13(17)8-11(14)6-7-18/h2-5,8-9H,6-7,18H2,1H3. The van der Waals surface area contributed by atoms with Crippen LogP contribution in [-0.2, 0) is 6.42 Å². The van der Waals surface area contributed by atoms with Crippen molar-refractivity contribution < 1.29 is 9.13 Å². The quantitative estimate of drug-likeness (QED) is 0.915. The van der Waals surface area contributed by atoms with Crippen LogP contribution in [0.3, 0.4) is 0 Å². The van der Waals surface area contributed by atoms with Gasteiger partial charge in [-0.25, -0.2) is 4.39 Å². The Labute approximate surface area is 117 Å². The molecule has 2 aromatic rings. The number of nitrogens with two attached hydrogens (primary N) is 1. The Hall–Kier alpha value is -1.58. The summed E-state index contributed by atoms with van der Waals surface area (Å²) in [7, 11) is 0. The van der Waals surface area contributed by atoms with Crippen molar-refractivity contribution in [1.82, 2.24) is 0 Å². The van der Waals surface area contributed by atoms with Crippen molar-refractivity contribution in [2.24, 2.45) is 5.73 Å². The van der Waals surface area contributed by atoms with Crippen molar-refractivity contribution >= 4 is 11.6 Å². The third-order valence-corrected chi connectivity index (χ3v) is 3.04. The minimum Gasteiger partial charge on any atom is -0.457 e. The summed E-state index contributed by atoms with van der Waals surface area (Å²) in [6.45, 7) is 2.37. The average Bonchev–Trinajstić information content (AvgIpc) is 2.37. The van der Waals surface area contributed by atoms with E-state index in [1.54, 1.807) is 18.2 Å². The number of hydrogen-bond acceptors (Lipinski definition) is 2. The van der Waals surface area contributed by atoms with Gasteiger partial charge in [0.1, 0.15) is 17.3 Å². The Morgan fingerprint density at radius 3 is 2.68 bits per heavy atom. The second-order valence-electron chi connectivity index (χ2n) is 4.30. The first-order valence-electron chi connectivity index (χ1n) is 6.02. The molecular formula is C15H15ClFNO. The van der Waals surface area contributed by atoms with E-state index >= 15 is 0 Å². The zero-order chi connectivity index (χ0) is 13.8. The average molecular weight is 280 g/mol. The van der Waals surface area contributed by atoms with Crippen LogP contribution in [0.4, 0.5) is 4.39 Å². The van der Waals surface area contributed by atoms with Crippen LogP contribution in [0.25, 0.3) is 0 Å². The normalized spacial score (nSPS) is 10.5. The van der Waals surface area contributed by atoms with E-state index < -0.39 is 0 Å². The van der Waals surface area contributed by atoms with Crippen molar-refractivity contribution in [1.29, 1.82) is 0 Å². The van der Waals surface area contributed by atoms with Crippen molar-refractivity contribution in [3.05, 3.63) is 58.4 Å². The SMILES string of the molecule is Cc1ccc(Cl)cc1Oc1ccc(F)cc1CCN. The minimum atomic E-state index is -0.293. The molecule has 0 amide bonds. The molecule has 0 saturated heterocycles. The fraction of sp³-hybridized carbons (Fsp3) is 0.200. The van der Waals surface area contributed by atoms with Crippen molar-refractivity contribution in [3.8, 4) is 11.5 Å². The monoisotopic (exact) mass is 279 g/mol. The van der Waals surface area contributed by atoms with Crippen molar-refractivity contribution in [2.75, 3.05) is 6.54 Å². The third kappa shape index (κ3) is 3.46. The van der Waals surface area contributed by atoms with Crippen molar-refractivity contribution in [2.45, 2.75) is 13.3 Å². The fourth-order valence-corrected chi connectivity index (χ4v) is 1.96. The zero-order valence-electron chi connectivity index (χ0n) is 10.6. The van der Waals surface area contributed by atoms with Crippen LogP contribution in [0, 0.1) is 12.7 Å². The van der Waals surface area contributed by atoms with Gasteiger partial charge in [-0.3, -0.25) is 0 Å². The summed E-state index contributed by atoms with van der Waals surface area (Å²) in [5, 5.41) is 0.600. The molecule has 0 bridgehead atoms. The first kappa shape index (κ1) is 13.8. The highest BCUT2D eigenvalue weighted by Crippen LogP contribution is 2.30. The maximum atomic E-state index is 13.2. The molecule has 0 fully saturated rings. The molecular weight excluding hydrogens is 265 g/mol. The largest absolute Gasteiger partial charge is 0.457 e. The van der Waals surface area contributed by atoms with Gasteiger partial charge >= 0.3 is 0 Å². The smallest absolute Gasteiger partial charge is 0.131 e. The Morgan fingerprint density at radius 2 is 1.95 bits per heavy atom. The number of benzene rings is 2. The van der Waals surface area contributed by atoms with Crippen LogP contribution in [0.15, 0.2) is 36.4 Å². The molecule has 0 aliphatic heterocycles. The van der Waals surface area contributed by atoms with E-state index in [2.05, 4.69) is 0 Å². The maximum Gasteiger partial charge on any atom is 0.131 e. The molecule has 4 heteroatoms. The molecule has 0 aliphatic carbocycles. The Balaban J connectivity index is 2.34. The predicted molar refractivity (Wildman–Crippen MR) is 75.4 cm³/mol. The highest BCUT2D eigenvalue weighted by molar-refractivity contribution is 6.30. The lowest BCUT2D eigenvalue weighted by Gasteiger charge is -2.13. The topological polar surface area (TPSA) is 35.2 Å². The molecule has 100 valence electrons. The number of aryl methyl sites for hydroxylation is 1. The number of rotatable bonds is 4. The molecule has 0 saturated carbocycles. The lowest BCUT2D eigenvalue weighted by Crippen LogP contribution is -2.04. The molecule has 0 aromatic heterocycles. The predicted octanol–water partition coefficient (Wildman–Crippen LogP) is 4.08. The highest BCUT2D eigenvalue weighted by atomic mass is 35.5. The lowest BCUT2D eigenvalue weighted by molar-refractivity contribution is 0.470. The molecule has 2 rings (SSSR count). The minimum absolute atomic E-state index is 0.293. The van der Waals surface area contributed by atoms with Gasteiger partial charge in [-0.1, -0.05) is 17.7 Å². The molecule has 2 N–H and O–H groups in total. The van der Waals surface area contributed by atoms with E-state index in [-0.39, 0.29) is 5.82 Å². The van der Waals surface area contributed by atoms with Crippen LogP contribution in [0.5, 0.6) is 11.5 Å². The molecule has 0 radical (unpaired) electrons. The van der Waals surface area contributed by atoms with Crippen LogP contribution < -0.4 is 10.5 Å². The second kappa shape index (κ2) is 6.04. The van der Waals surface area contributed by atoms with Gasteiger partial charge in [-0.05, 0) is 61.3 Å². The van der Waals surface area contributed by atoms with Gasteiger partial charge in [-0.2, -0.15) is 0 Å². The summed E-state index contributed by atoms with van der Waals surface area (Å²) in [5.74, 6) is 0.980. The molecule has 19 heavy (non-hydrogen) atoms. The van der Waals surface area contributed by atoms with Gasteiger partial charge < -0.3 is 10.5 Å². The van der Waals surface area contributed by atoms with Gasteiger partial charge in [0.15, 0.2) is 0 Å². The Bertz CT molecular complexity index is 586. The van der Waals surface area contributed by atoms with Gasteiger partial charge in [-0.15, -0.1) is 0 Å². The van der Waals surface area contributed by atoms with Crippen LogP contribution in [-0.4, -0.2) is 6.54 Å². The van der Waals surface area contributed by atoms with Gasteiger partial charge in [0.25, 0.3) is 0 Å². The number of ether oxygens (including phenoxy) is 1. The fourth-order valence-electron chi connectivity index (χ4n) is 1.80. The first-order valence-corrected chi connectivity index (χ1v) is 6.40. The molecule has 2 nitrogen and oxygen atoms in total. The maximum absolute atomic E-state index is 13.2. The van der Waals surface area contributed by atoms with Gasteiger partial charge in [0, 0.05) is 5.02 Å². The van der Waals surface area contributed by atoms with E-state index in [1.165, 1.54) is 12.1 Å². The van der Waals surface area contributed by atoms with E-state index in [9.17, 15) is 4.39 Å². The third-order valence-electron chi connectivity index (χ3n) is 2.81. The zero-order valence-corrected chi connectivity index (χ0v) is 11.4. The number of halogens is 2. The van der Waals surface area contributed by atoms with Gasteiger partial charge in [0.05, 0.1) is 0 Å². The van der Waals surface area contributed by atoms with Crippen LogP contribution in [0.1, 0.15) is 11.1 Å². The molecule has 0 aliphatic rings. The van der Waals surface area contributed by atoms with Gasteiger partial charge in [0.2, 0.25) is 0 Å². The molecule has 2 aromatic carbocycles. The van der Waals surface area contributed by atoms with E-state index in [0.717, 1.165) is 11.1 Å². The van der Waals surface area contributed by atoms with Crippen LogP contribution in [0.2, 0.25) is 5.02 Å². The summed E-state index contributed by atoms with van der Waals surface area (Å²) in [6, 6.07) is 9.85. The lowest BCUT2D eigenvalue weighted by atomic mass is 10.1. The van der Waals surface area contributed by atoms with Crippen molar-refractivity contribution in [3.63, 3.8) is 0 Å². The second-order valence-corrected chi connectivity index (χ2v) is 4.74. The first-order chi connectivity index (χ1) is 9.10. The summed E-state index contributed by atoms with van der Waals surface area (Å²) >= 11 is 5.95. The molecule has 0 spiro atoms. The number of hydrogen-bond donors (Lipinski definition) is 1. The van der Waals surface area contributed by atoms with E-state index in [1.807, 2.05) is 13.0 Å². The summed E-state index contributed by atoms with van der Waals surface area (Å²) in [6.07, 6.45) is 0.562. The van der Waals surface area contributed by atoms with E-state index in [4.69, 9.17) is 22.1 Å². The summed E-state index contributed by atoms with van der Waals surface area (Å²) in [4.78, 5) is 0. The molecule has 0 atom stereocenters. The molecule has 0 unspecified atom stereocenters. The van der Waals surface area contributed by atoms with Crippen LogP contribution >= 0.6 is 11.6 Å². The Kier molecular flexibility index (Phi) is 4.40. The summed E-state index contributed by atoms with van der Waals surface area (Å²) < 4.78 is 19.1.